The van der Waals surface area contributed by atoms with Crippen LogP contribution in [0.5, 0.6) is 5.75 Å². The smallest absolute Gasteiger partial charge is 0.235 e. The van der Waals surface area contributed by atoms with Gasteiger partial charge in [-0.1, -0.05) is 30.8 Å². The van der Waals surface area contributed by atoms with Gasteiger partial charge in [0.25, 0.3) is 0 Å². The highest BCUT2D eigenvalue weighted by Gasteiger charge is 2.27. The highest BCUT2D eigenvalue weighted by Crippen LogP contribution is 2.32. The lowest BCUT2D eigenvalue weighted by Crippen LogP contribution is -2.50. The molecular weight excluding hydrogens is 374 g/mol. The van der Waals surface area contributed by atoms with Crippen LogP contribution in [0.25, 0.3) is 11.4 Å². The first-order valence-electron chi connectivity index (χ1n) is 9.83. The Morgan fingerprint density at radius 3 is 2.50 bits per heavy atom. The van der Waals surface area contributed by atoms with Crippen LogP contribution in [-0.2, 0) is 11.3 Å². The zero-order chi connectivity index (χ0) is 20.1. The Morgan fingerprint density at radius 1 is 1.14 bits per heavy atom. The minimum atomic E-state index is -0.201. The maximum Gasteiger partial charge on any atom is 0.235 e. The quantitative estimate of drug-likeness (QED) is 0.662. The van der Waals surface area contributed by atoms with Gasteiger partial charge in [-0.25, -0.2) is 0 Å². The Morgan fingerprint density at radius 2 is 1.86 bits per heavy atom. The Bertz CT molecular complexity index is 802. The first-order valence-corrected chi connectivity index (χ1v) is 10.7. The van der Waals surface area contributed by atoms with E-state index in [1.54, 1.807) is 7.11 Å². The molecule has 0 spiro atoms. The molecule has 28 heavy (non-hydrogen) atoms. The van der Waals surface area contributed by atoms with Gasteiger partial charge in [0.05, 0.1) is 17.9 Å². The van der Waals surface area contributed by atoms with Gasteiger partial charge in [-0.3, -0.25) is 4.79 Å². The van der Waals surface area contributed by atoms with Crippen molar-refractivity contribution in [3.63, 3.8) is 0 Å². The van der Waals surface area contributed by atoms with Crippen LogP contribution in [0.4, 0.5) is 0 Å². The molecule has 1 aromatic carbocycles. The van der Waals surface area contributed by atoms with Crippen molar-refractivity contribution in [3.8, 4) is 17.1 Å². The molecule has 152 valence electrons. The van der Waals surface area contributed by atoms with Gasteiger partial charge in [0.2, 0.25) is 5.91 Å². The molecule has 7 nitrogen and oxygen atoms in total. The van der Waals surface area contributed by atoms with Crippen molar-refractivity contribution in [2.45, 2.75) is 37.7 Å². The Labute approximate surface area is 171 Å². The van der Waals surface area contributed by atoms with Gasteiger partial charge in [-0.05, 0) is 32.5 Å². The van der Waals surface area contributed by atoms with Crippen molar-refractivity contribution >= 4 is 17.7 Å². The average molecular weight is 404 g/mol. The zero-order valence-electron chi connectivity index (χ0n) is 17.1. The van der Waals surface area contributed by atoms with Gasteiger partial charge in [-0.2, -0.15) is 0 Å². The van der Waals surface area contributed by atoms with E-state index in [1.807, 2.05) is 40.7 Å². The number of para-hydroxylation sites is 1. The van der Waals surface area contributed by atoms with E-state index in [4.69, 9.17) is 4.74 Å². The van der Waals surface area contributed by atoms with E-state index in [-0.39, 0.29) is 11.2 Å². The summed E-state index contributed by atoms with van der Waals surface area (Å²) in [6.45, 7) is 11.4. The fraction of sp³-hybridized carbons (Fsp3) is 0.550. The van der Waals surface area contributed by atoms with Crippen LogP contribution < -0.4 is 4.74 Å². The second kappa shape index (κ2) is 9.43. The summed E-state index contributed by atoms with van der Waals surface area (Å²) >= 11 is 1.48. The molecule has 1 aromatic heterocycles. The Kier molecular flexibility index (Phi) is 6.96. The van der Waals surface area contributed by atoms with E-state index in [9.17, 15) is 4.79 Å². The lowest BCUT2D eigenvalue weighted by molar-refractivity contribution is -0.132. The number of rotatable bonds is 7. The van der Waals surface area contributed by atoms with Crippen LogP contribution in [-0.4, -0.2) is 75.6 Å². The molecule has 8 heteroatoms. The predicted molar refractivity (Wildman–Crippen MR) is 112 cm³/mol. The number of benzene rings is 1. The molecule has 1 saturated heterocycles. The number of piperazine rings is 1. The lowest BCUT2D eigenvalue weighted by Gasteiger charge is -2.35. The van der Waals surface area contributed by atoms with Crippen LogP contribution in [0.3, 0.4) is 0 Å². The molecule has 1 aliphatic heterocycles. The van der Waals surface area contributed by atoms with E-state index in [0.717, 1.165) is 61.6 Å². The first-order chi connectivity index (χ1) is 13.6. The maximum atomic E-state index is 12.9. The summed E-state index contributed by atoms with van der Waals surface area (Å²) in [7, 11) is 1.65. The summed E-state index contributed by atoms with van der Waals surface area (Å²) < 4.78 is 7.52. The number of carbonyl (C=O) groups excluding carboxylic acids is 1. The summed E-state index contributed by atoms with van der Waals surface area (Å²) in [4.78, 5) is 17.2. The number of carbonyl (C=O) groups is 1. The fourth-order valence-corrected chi connectivity index (χ4v) is 4.44. The third kappa shape index (κ3) is 4.33. The number of methoxy groups -OCH3 is 1. The zero-order valence-corrected chi connectivity index (χ0v) is 17.9. The van der Waals surface area contributed by atoms with E-state index < -0.39 is 0 Å². The molecule has 2 aromatic rings. The summed E-state index contributed by atoms with van der Waals surface area (Å²) in [5.74, 6) is 1.70. The Balaban J connectivity index is 1.74. The van der Waals surface area contributed by atoms with Crippen LogP contribution in [0.2, 0.25) is 0 Å². The average Bonchev–Trinajstić information content (AvgIpc) is 3.15. The number of likely N-dealkylation sites (N-methyl/N-ethyl adjacent to an activating group) is 1. The summed E-state index contributed by atoms with van der Waals surface area (Å²) in [5, 5.41) is 9.33. The summed E-state index contributed by atoms with van der Waals surface area (Å²) in [6, 6.07) is 7.79. The number of nitrogens with zero attached hydrogens (tertiary/aromatic N) is 5. The molecule has 1 amide bonds. The number of aromatic nitrogens is 3. The molecule has 1 atom stereocenters. The van der Waals surface area contributed by atoms with Crippen molar-refractivity contribution in [1.82, 2.24) is 24.6 Å². The molecule has 1 fully saturated rings. The van der Waals surface area contributed by atoms with E-state index >= 15 is 0 Å². The number of thioether (sulfide) groups is 1. The molecular formula is C20H29N5O2S. The molecule has 0 aliphatic carbocycles. The molecule has 0 N–H and O–H groups in total. The maximum absolute atomic E-state index is 12.9. The van der Waals surface area contributed by atoms with Gasteiger partial charge in [0.15, 0.2) is 11.0 Å². The summed E-state index contributed by atoms with van der Waals surface area (Å²) in [6.07, 6.45) is 0. The number of hydrogen-bond acceptors (Lipinski definition) is 6. The van der Waals surface area contributed by atoms with Crippen molar-refractivity contribution in [2.75, 3.05) is 39.8 Å². The van der Waals surface area contributed by atoms with Crippen LogP contribution >= 0.6 is 11.8 Å². The van der Waals surface area contributed by atoms with Gasteiger partial charge < -0.3 is 19.1 Å². The molecule has 3 rings (SSSR count). The normalized spacial score (nSPS) is 16.2. The highest BCUT2D eigenvalue weighted by atomic mass is 32.2. The number of ether oxygens (including phenoxy) is 1. The standard InChI is InChI=1S/C20H29N5O2S/c1-5-23-11-13-24(14-12-23)19(26)15(3)28-20-22-21-18(25(20)6-2)16-9-7-8-10-17(16)27-4/h7-10,15H,5-6,11-14H2,1-4H3. The third-order valence-electron chi connectivity index (χ3n) is 5.14. The first kappa shape index (κ1) is 20.7. The number of amides is 1. The van der Waals surface area contributed by atoms with Gasteiger partial charge in [-0.15, -0.1) is 10.2 Å². The minimum Gasteiger partial charge on any atom is -0.496 e. The third-order valence-corrected chi connectivity index (χ3v) is 6.21. The monoisotopic (exact) mass is 403 g/mol. The molecule has 0 saturated carbocycles. The number of hydrogen-bond donors (Lipinski definition) is 0. The second-order valence-corrected chi connectivity index (χ2v) is 8.08. The predicted octanol–water partition coefficient (Wildman–Crippen LogP) is 2.62. The highest BCUT2D eigenvalue weighted by molar-refractivity contribution is 8.00. The molecule has 0 bridgehead atoms. The molecule has 1 aliphatic rings. The SMILES string of the molecule is CCN1CCN(C(=O)C(C)Sc2nnc(-c3ccccc3OC)n2CC)CC1. The lowest BCUT2D eigenvalue weighted by atomic mass is 10.2. The largest absolute Gasteiger partial charge is 0.496 e. The molecule has 0 radical (unpaired) electrons. The molecule has 2 heterocycles. The minimum absolute atomic E-state index is 0.172. The van der Waals surface area contributed by atoms with E-state index in [1.165, 1.54) is 11.8 Å². The van der Waals surface area contributed by atoms with Crippen LogP contribution in [0.15, 0.2) is 29.4 Å². The van der Waals surface area contributed by atoms with Crippen molar-refractivity contribution in [1.29, 1.82) is 0 Å². The fourth-order valence-electron chi connectivity index (χ4n) is 3.44. The van der Waals surface area contributed by atoms with Gasteiger partial charge in [0, 0.05) is 32.7 Å². The van der Waals surface area contributed by atoms with Crippen LogP contribution in [0.1, 0.15) is 20.8 Å². The molecule has 1 unspecified atom stereocenters. The van der Waals surface area contributed by atoms with Crippen LogP contribution in [0, 0.1) is 0 Å². The Hall–Kier alpha value is -2.06. The second-order valence-electron chi connectivity index (χ2n) is 6.77. The van der Waals surface area contributed by atoms with Crippen molar-refractivity contribution in [3.05, 3.63) is 24.3 Å². The van der Waals surface area contributed by atoms with Crippen molar-refractivity contribution < 1.29 is 9.53 Å². The summed E-state index contributed by atoms with van der Waals surface area (Å²) in [5.41, 5.74) is 0.904. The van der Waals surface area contributed by atoms with Gasteiger partial charge >= 0.3 is 0 Å². The van der Waals surface area contributed by atoms with Crippen molar-refractivity contribution in [2.24, 2.45) is 0 Å². The van der Waals surface area contributed by atoms with E-state index in [0.29, 0.717) is 0 Å². The topological polar surface area (TPSA) is 63.5 Å². The van der Waals surface area contributed by atoms with E-state index in [2.05, 4.69) is 28.9 Å². The van der Waals surface area contributed by atoms with Gasteiger partial charge in [0.1, 0.15) is 5.75 Å².